The molecule has 0 saturated heterocycles. The van der Waals surface area contributed by atoms with Crippen LogP contribution in [0.5, 0.6) is 0 Å². The van der Waals surface area contributed by atoms with Gasteiger partial charge in [-0.15, -0.1) is 29.7 Å². The summed E-state index contributed by atoms with van der Waals surface area (Å²) < 4.78 is 2.25. The van der Waals surface area contributed by atoms with E-state index in [2.05, 4.69) is 65.9 Å². The summed E-state index contributed by atoms with van der Waals surface area (Å²) in [6, 6.07) is 26.6. The Balaban J connectivity index is 0.00000157. The average Bonchev–Trinajstić information content (AvgIpc) is 3.08. The molecule has 0 atom stereocenters. The predicted molar refractivity (Wildman–Crippen MR) is 99.2 cm³/mol. The number of fused-ring (bicyclic) bond motifs is 6. The minimum Gasteiger partial charge on any atom is -0.333 e. The van der Waals surface area contributed by atoms with E-state index in [4.69, 9.17) is 4.98 Å². The van der Waals surface area contributed by atoms with Gasteiger partial charge >= 0.3 is 0 Å². The summed E-state index contributed by atoms with van der Waals surface area (Å²) in [7, 11) is 0. The van der Waals surface area contributed by atoms with E-state index in [1.807, 2.05) is 24.4 Å². The Bertz CT molecular complexity index is 1210. The zero-order chi connectivity index (χ0) is 16.1. The fraction of sp³-hybridized carbons (Fsp3) is 0.0455. The van der Waals surface area contributed by atoms with Gasteiger partial charge in [-0.25, -0.2) is 0 Å². The molecule has 0 unspecified atom stereocenters. The zero-order valence-corrected chi connectivity index (χ0v) is 16.1. The van der Waals surface area contributed by atoms with E-state index >= 15 is 0 Å². The second kappa shape index (κ2) is 6.11. The number of imidazole rings is 1. The molecule has 5 rings (SSSR count). The first-order valence-corrected chi connectivity index (χ1v) is 8.08. The summed E-state index contributed by atoms with van der Waals surface area (Å²) in [5.74, 6) is 0. The standard InChI is InChI=1S/C22H15N2.Ir/c1-15-11-12-20-19(13-15)17-9-5-6-10-18(17)22-23-14-21(24(20)22)16-7-3-2-4-8-16;/h2-9,11-14H,1H3;/q-1;. The van der Waals surface area contributed by atoms with Crippen LogP contribution >= 0.6 is 0 Å². The van der Waals surface area contributed by atoms with Crippen LogP contribution in [0.2, 0.25) is 0 Å². The van der Waals surface area contributed by atoms with Gasteiger partial charge in [0.1, 0.15) is 0 Å². The molecule has 0 aliphatic carbocycles. The van der Waals surface area contributed by atoms with E-state index in [0.717, 1.165) is 16.7 Å². The number of nitrogens with zero attached hydrogens (tertiary/aromatic N) is 2. The van der Waals surface area contributed by atoms with Crippen LogP contribution in [0.15, 0.2) is 72.9 Å². The van der Waals surface area contributed by atoms with Crippen molar-refractivity contribution in [3.8, 4) is 11.3 Å². The maximum Gasteiger partial charge on any atom is 0.0634 e. The van der Waals surface area contributed by atoms with Crippen molar-refractivity contribution in [3.63, 3.8) is 0 Å². The van der Waals surface area contributed by atoms with Gasteiger partial charge in [-0.1, -0.05) is 53.4 Å². The first-order chi connectivity index (χ1) is 11.8. The van der Waals surface area contributed by atoms with E-state index in [1.165, 1.54) is 27.4 Å². The summed E-state index contributed by atoms with van der Waals surface area (Å²) >= 11 is 0. The third-order valence-corrected chi connectivity index (χ3v) is 4.59. The molecular formula is C22H15IrN2-. The van der Waals surface area contributed by atoms with Crippen molar-refractivity contribution < 1.29 is 20.1 Å². The molecule has 2 heterocycles. The first-order valence-electron chi connectivity index (χ1n) is 8.08. The molecule has 0 saturated carbocycles. The molecule has 2 aromatic heterocycles. The number of rotatable bonds is 1. The monoisotopic (exact) mass is 500 g/mol. The van der Waals surface area contributed by atoms with E-state index < -0.39 is 0 Å². The van der Waals surface area contributed by atoms with Crippen molar-refractivity contribution in [2.24, 2.45) is 0 Å². The number of aryl methyl sites for hydroxylation is 1. The number of aromatic nitrogens is 2. The Morgan fingerprint density at radius 2 is 1.76 bits per heavy atom. The Morgan fingerprint density at radius 1 is 0.920 bits per heavy atom. The van der Waals surface area contributed by atoms with Gasteiger partial charge in [0.15, 0.2) is 0 Å². The van der Waals surface area contributed by atoms with Gasteiger partial charge in [0.05, 0.1) is 11.3 Å². The minimum atomic E-state index is 0. The summed E-state index contributed by atoms with van der Waals surface area (Å²) in [5, 5.41) is 3.51. The number of pyridine rings is 1. The molecule has 3 aromatic carbocycles. The van der Waals surface area contributed by atoms with Crippen LogP contribution < -0.4 is 0 Å². The van der Waals surface area contributed by atoms with E-state index in [9.17, 15) is 0 Å². The van der Waals surface area contributed by atoms with Crippen molar-refractivity contribution in [1.82, 2.24) is 9.38 Å². The minimum absolute atomic E-state index is 0. The van der Waals surface area contributed by atoms with Crippen molar-refractivity contribution in [3.05, 3.63) is 84.6 Å². The van der Waals surface area contributed by atoms with Crippen molar-refractivity contribution in [2.75, 3.05) is 0 Å². The topological polar surface area (TPSA) is 17.3 Å². The SMILES string of the molecule is Cc1ccc2c(c1)c1ccc[c-]c1c1ncc(-c3ccccc3)n21.[Ir]. The molecule has 0 spiro atoms. The van der Waals surface area contributed by atoms with Crippen LogP contribution in [0.3, 0.4) is 0 Å². The third-order valence-electron chi connectivity index (χ3n) is 4.59. The quantitative estimate of drug-likeness (QED) is 0.223. The molecular weight excluding hydrogens is 484 g/mol. The van der Waals surface area contributed by atoms with Gasteiger partial charge in [0, 0.05) is 31.8 Å². The van der Waals surface area contributed by atoms with Gasteiger partial charge in [-0.05, 0) is 23.9 Å². The van der Waals surface area contributed by atoms with Crippen LogP contribution in [0.25, 0.3) is 38.6 Å². The summed E-state index contributed by atoms with van der Waals surface area (Å²) in [6.45, 7) is 2.13. The summed E-state index contributed by atoms with van der Waals surface area (Å²) in [6.07, 6.45) is 1.96. The Morgan fingerprint density at radius 3 is 2.60 bits per heavy atom. The molecule has 0 aliphatic rings. The summed E-state index contributed by atoms with van der Waals surface area (Å²) in [4.78, 5) is 4.73. The molecule has 25 heavy (non-hydrogen) atoms. The van der Waals surface area contributed by atoms with Crippen molar-refractivity contribution in [1.29, 1.82) is 0 Å². The van der Waals surface area contributed by atoms with Crippen LogP contribution in [0.1, 0.15) is 5.56 Å². The van der Waals surface area contributed by atoms with Gasteiger partial charge in [-0.3, -0.25) is 4.98 Å². The molecule has 0 N–H and O–H groups in total. The average molecular weight is 500 g/mol. The first kappa shape index (κ1) is 16.0. The summed E-state index contributed by atoms with van der Waals surface area (Å²) in [5.41, 5.74) is 5.68. The molecule has 0 aliphatic heterocycles. The van der Waals surface area contributed by atoms with Crippen LogP contribution in [-0.2, 0) is 20.1 Å². The maximum absolute atomic E-state index is 4.73. The molecule has 0 bridgehead atoms. The van der Waals surface area contributed by atoms with Crippen LogP contribution in [0, 0.1) is 13.0 Å². The van der Waals surface area contributed by atoms with Gasteiger partial charge in [0.2, 0.25) is 0 Å². The number of benzene rings is 3. The Hall–Kier alpha value is -2.48. The molecule has 1 radical (unpaired) electrons. The second-order valence-electron chi connectivity index (χ2n) is 6.15. The van der Waals surface area contributed by atoms with Gasteiger partial charge in [0.25, 0.3) is 0 Å². The Kier molecular flexibility index (Phi) is 3.91. The predicted octanol–water partition coefficient (Wildman–Crippen LogP) is 5.41. The fourth-order valence-corrected chi connectivity index (χ4v) is 3.49. The Labute approximate surface area is 159 Å². The smallest absolute Gasteiger partial charge is 0.0634 e. The zero-order valence-electron chi connectivity index (χ0n) is 13.7. The van der Waals surface area contributed by atoms with Crippen molar-refractivity contribution in [2.45, 2.75) is 6.92 Å². The molecule has 3 heteroatoms. The van der Waals surface area contributed by atoms with E-state index in [0.29, 0.717) is 0 Å². The molecule has 123 valence electrons. The normalized spacial score (nSPS) is 11.1. The molecule has 0 amide bonds. The third kappa shape index (κ3) is 2.39. The van der Waals surface area contributed by atoms with Crippen LogP contribution in [0.4, 0.5) is 0 Å². The fourth-order valence-electron chi connectivity index (χ4n) is 3.49. The van der Waals surface area contributed by atoms with E-state index in [1.54, 1.807) is 0 Å². The largest absolute Gasteiger partial charge is 0.333 e. The molecule has 0 fully saturated rings. The van der Waals surface area contributed by atoms with Gasteiger partial charge < -0.3 is 4.40 Å². The molecule has 2 nitrogen and oxygen atoms in total. The van der Waals surface area contributed by atoms with E-state index in [-0.39, 0.29) is 20.1 Å². The second-order valence-corrected chi connectivity index (χ2v) is 6.15. The number of hydrogen-bond acceptors (Lipinski definition) is 1. The van der Waals surface area contributed by atoms with Crippen molar-refractivity contribution >= 4 is 27.3 Å². The van der Waals surface area contributed by atoms with Gasteiger partial charge in [-0.2, -0.15) is 0 Å². The molecule has 5 aromatic rings. The maximum atomic E-state index is 4.73. The van der Waals surface area contributed by atoms with Crippen LogP contribution in [-0.4, -0.2) is 9.38 Å². The number of hydrogen-bond donors (Lipinski definition) is 0.